The predicted molar refractivity (Wildman–Crippen MR) is 73.8 cm³/mol. The van der Waals surface area contributed by atoms with Gasteiger partial charge in [0.25, 0.3) is 0 Å². The maximum Gasteiger partial charge on any atom is 0.344 e. The van der Waals surface area contributed by atoms with Gasteiger partial charge in [0.15, 0.2) is 10.9 Å². The van der Waals surface area contributed by atoms with Gasteiger partial charge >= 0.3 is 5.69 Å². The van der Waals surface area contributed by atoms with Crippen LogP contribution in [-0.4, -0.2) is 20.5 Å². The molecule has 1 aromatic carbocycles. The molecule has 2 aromatic rings. The molecule has 1 aromatic heterocycles. The van der Waals surface area contributed by atoms with E-state index in [2.05, 4.69) is 10.2 Å². The lowest BCUT2D eigenvalue weighted by molar-refractivity contribution is 0.101. The van der Waals surface area contributed by atoms with Gasteiger partial charge in [0, 0.05) is 10.9 Å². The Morgan fingerprint density at radius 2 is 2.15 bits per heavy atom. The predicted octanol–water partition coefficient (Wildman–Crippen LogP) is 2.65. The maximum atomic E-state index is 13.7. The van der Waals surface area contributed by atoms with Gasteiger partial charge in [0.05, 0.1) is 5.56 Å². The van der Waals surface area contributed by atoms with Gasteiger partial charge in [-0.25, -0.2) is 14.3 Å². The topological polar surface area (TPSA) is 67.8 Å². The number of H-pyrrole nitrogens is 1. The third-order valence-corrected chi connectivity index (χ3v) is 3.75. The van der Waals surface area contributed by atoms with Crippen LogP contribution in [0.5, 0.6) is 0 Å². The molecule has 0 aliphatic heterocycles. The average Bonchev–Trinajstić information content (AvgIpc) is 2.70. The number of benzene rings is 1. The lowest BCUT2D eigenvalue weighted by Crippen LogP contribution is -2.19. The highest BCUT2D eigenvalue weighted by Crippen LogP contribution is 2.31. The van der Waals surface area contributed by atoms with E-state index in [0.29, 0.717) is 10.1 Å². The van der Waals surface area contributed by atoms with Crippen molar-refractivity contribution < 1.29 is 9.18 Å². The molecule has 2 rings (SSSR count). The number of hydrogen-bond acceptors (Lipinski definition) is 4. The van der Waals surface area contributed by atoms with Gasteiger partial charge < -0.3 is 0 Å². The SMILES string of the molecule is CC(=O)c1c(F)cccc1Sc1n[nH]c(=O)n1C(C)C. The van der Waals surface area contributed by atoms with E-state index in [9.17, 15) is 14.0 Å². The van der Waals surface area contributed by atoms with E-state index in [1.807, 2.05) is 13.8 Å². The molecule has 0 radical (unpaired) electrons. The molecule has 0 amide bonds. The number of aromatic nitrogens is 3. The van der Waals surface area contributed by atoms with E-state index in [0.717, 1.165) is 11.8 Å². The second kappa shape index (κ2) is 5.62. The molecule has 0 atom stereocenters. The summed E-state index contributed by atoms with van der Waals surface area (Å²) < 4.78 is 15.2. The summed E-state index contributed by atoms with van der Waals surface area (Å²) in [6.45, 7) is 5.00. The lowest BCUT2D eigenvalue weighted by Gasteiger charge is -2.10. The summed E-state index contributed by atoms with van der Waals surface area (Å²) >= 11 is 1.09. The van der Waals surface area contributed by atoms with Crippen LogP contribution in [0.15, 0.2) is 33.0 Å². The summed E-state index contributed by atoms with van der Waals surface area (Å²) in [6.07, 6.45) is 0. The van der Waals surface area contributed by atoms with Gasteiger partial charge in [0.2, 0.25) is 0 Å². The molecule has 7 heteroatoms. The number of nitrogens with one attached hydrogen (secondary N) is 1. The van der Waals surface area contributed by atoms with Gasteiger partial charge in [-0.2, -0.15) is 0 Å². The molecule has 0 bridgehead atoms. The smallest absolute Gasteiger partial charge is 0.294 e. The first kappa shape index (κ1) is 14.5. The van der Waals surface area contributed by atoms with Crippen LogP contribution in [0.1, 0.15) is 37.2 Å². The maximum absolute atomic E-state index is 13.7. The Labute approximate surface area is 119 Å². The first-order valence-electron chi connectivity index (χ1n) is 6.06. The number of ketones is 1. The van der Waals surface area contributed by atoms with Crippen LogP contribution in [0.3, 0.4) is 0 Å². The Bertz CT molecular complexity index is 706. The largest absolute Gasteiger partial charge is 0.344 e. The quantitative estimate of drug-likeness (QED) is 0.880. The number of Topliss-reactive ketones (excluding diaryl/α,β-unsaturated/α-hetero) is 1. The minimum atomic E-state index is -0.573. The molecule has 1 heterocycles. The van der Waals surface area contributed by atoms with Crippen molar-refractivity contribution in [3.8, 4) is 0 Å². The van der Waals surface area contributed by atoms with Crippen molar-refractivity contribution in [1.82, 2.24) is 14.8 Å². The monoisotopic (exact) mass is 295 g/mol. The van der Waals surface area contributed by atoms with Gasteiger partial charge in [-0.1, -0.05) is 6.07 Å². The zero-order valence-corrected chi connectivity index (χ0v) is 12.1. The van der Waals surface area contributed by atoms with Crippen molar-refractivity contribution in [2.75, 3.05) is 0 Å². The number of halogens is 1. The highest BCUT2D eigenvalue weighted by Gasteiger charge is 2.18. The lowest BCUT2D eigenvalue weighted by atomic mass is 10.1. The van der Waals surface area contributed by atoms with E-state index >= 15 is 0 Å². The van der Waals surface area contributed by atoms with E-state index < -0.39 is 5.82 Å². The molecular formula is C13H14FN3O2S. The van der Waals surface area contributed by atoms with Crippen molar-refractivity contribution in [2.24, 2.45) is 0 Å². The highest BCUT2D eigenvalue weighted by molar-refractivity contribution is 7.99. The standard InChI is InChI=1S/C13H14FN3O2S/c1-7(2)17-12(19)15-16-13(17)20-10-6-4-5-9(14)11(10)8(3)18/h4-7H,1-3H3,(H,15,19). The molecule has 1 N–H and O–H groups in total. The molecule has 20 heavy (non-hydrogen) atoms. The zero-order chi connectivity index (χ0) is 14.9. The molecular weight excluding hydrogens is 281 g/mol. The van der Waals surface area contributed by atoms with Crippen molar-refractivity contribution in [1.29, 1.82) is 0 Å². The Balaban J connectivity index is 2.49. The van der Waals surface area contributed by atoms with Crippen molar-refractivity contribution in [2.45, 2.75) is 36.9 Å². The van der Waals surface area contributed by atoms with E-state index in [-0.39, 0.29) is 23.1 Å². The first-order chi connectivity index (χ1) is 9.41. The summed E-state index contributed by atoms with van der Waals surface area (Å²) in [6, 6.07) is 4.31. The first-order valence-corrected chi connectivity index (χ1v) is 6.87. The third-order valence-electron chi connectivity index (χ3n) is 2.72. The molecule has 0 spiro atoms. The van der Waals surface area contributed by atoms with Crippen LogP contribution in [-0.2, 0) is 0 Å². The number of carbonyl (C=O) groups excluding carboxylic acids is 1. The Hall–Kier alpha value is -1.89. The number of aromatic amines is 1. The number of rotatable bonds is 4. The van der Waals surface area contributed by atoms with Gasteiger partial charge in [-0.3, -0.25) is 9.36 Å². The number of hydrogen-bond donors (Lipinski definition) is 1. The van der Waals surface area contributed by atoms with Gasteiger partial charge in [-0.15, -0.1) is 5.10 Å². The highest BCUT2D eigenvalue weighted by atomic mass is 32.2. The van der Waals surface area contributed by atoms with Crippen molar-refractivity contribution in [3.63, 3.8) is 0 Å². The number of nitrogens with zero attached hydrogens (tertiary/aromatic N) is 2. The van der Waals surface area contributed by atoms with Crippen molar-refractivity contribution >= 4 is 17.5 Å². The minimum absolute atomic E-state index is 0.0169. The molecule has 5 nitrogen and oxygen atoms in total. The van der Waals surface area contributed by atoms with Gasteiger partial charge in [0.1, 0.15) is 5.82 Å². The Kier molecular flexibility index (Phi) is 4.08. The molecule has 0 unspecified atom stereocenters. The fourth-order valence-corrected chi connectivity index (χ4v) is 3.02. The van der Waals surface area contributed by atoms with Crippen LogP contribution in [0.2, 0.25) is 0 Å². The summed E-state index contributed by atoms with van der Waals surface area (Å²) in [5, 5.41) is 6.68. The fraction of sp³-hybridized carbons (Fsp3) is 0.308. The van der Waals surface area contributed by atoms with Crippen LogP contribution in [0.4, 0.5) is 4.39 Å². The van der Waals surface area contributed by atoms with E-state index in [1.165, 1.54) is 23.6 Å². The molecule has 0 aliphatic rings. The molecule has 106 valence electrons. The van der Waals surface area contributed by atoms with Crippen LogP contribution >= 0.6 is 11.8 Å². The fourth-order valence-electron chi connectivity index (χ4n) is 1.85. The van der Waals surface area contributed by atoms with E-state index in [1.54, 1.807) is 6.07 Å². The Morgan fingerprint density at radius 1 is 1.45 bits per heavy atom. The normalized spacial score (nSPS) is 11.1. The molecule has 0 fully saturated rings. The second-order valence-electron chi connectivity index (χ2n) is 4.55. The summed E-state index contributed by atoms with van der Waals surface area (Å²) in [4.78, 5) is 23.6. The Morgan fingerprint density at radius 3 is 2.75 bits per heavy atom. The molecule has 0 aliphatic carbocycles. The number of carbonyl (C=O) groups is 1. The molecule has 0 saturated carbocycles. The average molecular weight is 295 g/mol. The summed E-state index contributed by atoms with van der Waals surface area (Å²) in [5.74, 6) is -0.934. The third kappa shape index (κ3) is 2.67. The molecule has 0 saturated heterocycles. The van der Waals surface area contributed by atoms with E-state index in [4.69, 9.17) is 0 Å². The van der Waals surface area contributed by atoms with Crippen LogP contribution < -0.4 is 5.69 Å². The van der Waals surface area contributed by atoms with Gasteiger partial charge in [-0.05, 0) is 44.7 Å². The zero-order valence-electron chi connectivity index (χ0n) is 11.3. The summed E-state index contributed by atoms with van der Waals surface area (Å²) in [5.41, 5.74) is -0.313. The summed E-state index contributed by atoms with van der Waals surface area (Å²) in [7, 11) is 0. The second-order valence-corrected chi connectivity index (χ2v) is 5.56. The van der Waals surface area contributed by atoms with Crippen LogP contribution in [0.25, 0.3) is 0 Å². The van der Waals surface area contributed by atoms with Crippen LogP contribution in [0, 0.1) is 5.82 Å². The van der Waals surface area contributed by atoms with Crippen molar-refractivity contribution in [3.05, 3.63) is 40.1 Å². The minimum Gasteiger partial charge on any atom is -0.294 e.